The summed E-state index contributed by atoms with van der Waals surface area (Å²) in [6, 6.07) is 2.54. The number of hydrogen-bond acceptors (Lipinski definition) is 3. The van der Waals surface area contributed by atoms with Gasteiger partial charge in [-0.3, -0.25) is 0 Å². The summed E-state index contributed by atoms with van der Waals surface area (Å²) in [6.45, 7) is 3.99. The minimum absolute atomic E-state index is 0.123. The lowest BCUT2D eigenvalue weighted by molar-refractivity contribution is 0.358. The Labute approximate surface area is 133 Å². The second kappa shape index (κ2) is 7.17. The summed E-state index contributed by atoms with van der Waals surface area (Å²) >= 11 is 3.03. The molecule has 1 aromatic carbocycles. The van der Waals surface area contributed by atoms with Crippen molar-refractivity contribution in [1.29, 1.82) is 0 Å². The van der Waals surface area contributed by atoms with Gasteiger partial charge in [-0.05, 0) is 78.8 Å². The number of piperidine rings is 1. The van der Waals surface area contributed by atoms with Crippen molar-refractivity contribution in [1.82, 2.24) is 10.0 Å². The monoisotopic (exact) mass is 378 g/mol. The van der Waals surface area contributed by atoms with Crippen molar-refractivity contribution in [2.75, 3.05) is 19.6 Å². The maximum Gasteiger partial charge on any atom is 0.240 e. The third-order valence-corrected chi connectivity index (χ3v) is 5.96. The second-order valence-corrected chi connectivity index (χ2v) is 8.02. The van der Waals surface area contributed by atoms with Gasteiger partial charge in [0, 0.05) is 6.54 Å². The first-order valence-corrected chi connectivity index (χ1v) is 9.34. The van der Waals surface area contributed by atoms with Crippen molar-refractivity contribution in [3.05, 3.63) is 28.0 Å². The highest BCUT2D eigenvalue weighted by Crippen LogP contribution is 2.24. The highest BCUT2D eigenvalue weighted by atomic mass is 79.9. The van der Waals surface area contributed by atoms with E-state index in [-0.39, 0.29) is 9.37 Å². The topological polar surface area (TPSA) is 58.2 Å². The minimum atomic E-state index is -3.60. The van der Waals surface area contributed by atoms with Crippen molar-refractivity contribution in [3.63, 3.8) is 0 Å². The van der Waals surface area contributed by atoms with Crippen LogP contribution in [-0.2, 0) is 10.0 Å². The molecule has 1 saturated heterocycles. The first-order chi connectivity index (χ1) is 9.90. The van der Waals surface area contributed by atoms with Gasteiger partial charge >= 0.3 is 0 Å². The fourth-order valence-corrected chi connectivity index (χ4v) is 4.36. The van der Waals surface area contributed by atoms with Gasteiger partial charge in [0.15, 0.2) is 0 Å². The SMILES string of the molecule is Cc1cc(F)c(Br)cc1S(=O)(=O)NCCC1CCCNC1. The van der Waals surface area contributed by atoms with Crippen LogP contribution in [0, 0.1) is 18.7 Å². The van der Waals surface area contributed by atoms with E-state index in [4.69, 9.17) is 0 Å². The zero-order valence-corrected chi connectivity index (χ0v) is 14.4. The molecule has 0 saturated carbocycles. The molecule has 1 aromatic rings. The van der Waals surface area contributed by atoms with Gasteiger partial charge in [0.1, 0.15) is 5.82 Å². The molecule has 0 amide bonds. The molecule has 4 nitrogen and oxygen atoms in total. The second-order valence-electron chi connectivity index (χ2n) is 5.43. The van der Waals surface area contributed by atoms with E-state index in [2.05, 4.69) is 26.0 Å². The van der Waals surface area contributed by atoms with Crippen molar-refractivity contribution in [2.45, 2.75) is 31.1 Å². The van der Waals surface area contributed by atoms with E-state index in [1.807, 2.05) is 0 Å². The van der Waals surface area contributed by atoms with Crippen molar-refractivity contribution < 1.29 is 12.8 Å². The molecule has 21 heavy (non-hydrogen) atoms. The molecular formula is C14H20BrFN2O2S. The highest BCUT2D eigenvalue weighted by molar-refractivity contribution is 9.10. The lowest BCUT2D eigenvalue weighted by atomic mass is 9.96. The number of hydrogen-bond donors (Lipinski definition) is 2. The van der Waals surface area contributed by atoms with Gasteiger partial charge in [-0.2, -0.15) is 0 Å². The van der Waals surface area contributed by atoms with E-state index < -0.39 is 15.8 Å². The van der Waals surface area contributed by atoms with Crippen LogP contribution in [-0.4, -0.2) is 28.1 Å². The fraction of sp³-hybridized carbons (Fsp3) is 0.571. The molecule has 1 aliphatic rings. The van der Waals surface area contributed by atoms with Gasteiger partial charge in [-0.1, -0.05) is 0 Å². The zero-order valence-electron chi connectivity index (χ0n) is 12.0. The van der Waals surface area contributed by atoms with E-state index in [1.165, 1.54) is 12.1 Å². The van der Waals surface area contributed by atoms with Gasteiger partial charge < -0.3 is 5.32 Å². The quantitative estimate of drug-likeness (QED) is 0.827. The van der Waals surface area contributed by atoms with Crippen LogP contribution in [0.5, 0.6) is 0 Å². The summed E-state index contributed by atoms with van der Waals surface area (Å²) in [6.07, 6.45) is 3.09. The van der Waals surface area contributed by atoms with E-state index in [0.717, 1.165) is 32.4 Å². The van der Waals surface area contributed by atoms with Crippen molar-refractivity contribution in [2.24, 2.45) is 5.92 Å². The van der Waals surface area contributed by atoms with Crippen molar-refractivity contribution >= 4 is 26.0 Å². The van der Waals surface area contributed by atoms with E-state index in [9.17, 15) is 12.8 Å². The number of nitrogens with one attached hydrogen (secondary N) is 2. The molecule has 1 aliphatic heterocycles. The average molecular weight is 379 g/mol. The molecule has 2 rings (SSSR count). The van der Waals surface area contributed by atoms with Gasteiger partial charge in [-0.15, -0.1) is 0 Å². The van der Waals surface area contributed by atoms with Crippen LogP contribution in [0.25, 0.3) is 0 Å². The number of aryl methyl sites for hydroxylation is 1. The zero-order chi connectivity index (χ0) is 15.5. The van der Waals surface area contributed by atoms with Crippen LogP contribution in [0.2, 0.25) is 0 Å². The summed E-state index contributed by atoms with van der Waals surface area (Å²) in [7, 11) is -3.60. The molecule has 0 bridgehead atoms. The molecule has 1 heterocycles. The Morgan fingerprint density at radius 1 is 1.48 bits per heavy atom. The maximum atomic E-state index is 13.4. The van der Waals surface area contributed by atoms with Gasteiger partial charge in [0.25, 0.3) is 0 Å². The Morgan fingerprint density at radius 3 is 2.90 bits per heavy atom. The van der Waals surface area contributed by atoms with Gasteiger partial charge in [0.05, 0.1) is 9.37 Å². The number of benzene rings is 1. The van der Waals surface area contributed by atoms with Crippen LogP contribution in [0.15, 0.2) is 21.5 Å². The Bertz CT molecular complexity index is 601. The maximum absolute atomic E-state index is 13.4. The Hall–Kier alpha value is -0.500. The molecule has 0 aliphatic carbocycles. The molecular weight excluding hydrogens is 359 g/mol. The molecule has 0 radical (unpaired) electrons. The molecule has 0 aromatic heterocycles. The summed E-state index contributed by atoms with van der Waals surface area (Å²) in [5.74, 6) is 0.0576. The third kappa shape index (κ3) is 4.48. The Kier molecular flexibility index (Phi) is 5.76. The predicted molar refractivity (Wildman–Crippen MR) is 84.2 cm³/mol. The molecule has 1 fully saturated rings. The normalized spacial score (nSPS) is 19.7. The predicted octanol–water partition coefficient (Wildman–Crippen LogP) is 2.56. The molecule has 0 spiro atoms. The standard InChI is InChI=1S/C14H20BrFN2O2S/c1-10-7-13(16)12(15)8-14(10)21(19,20)18-6-4-11-3-2-5-17-9-11/h7-8,11,17-18H,2-6,9H2,1H3. The summed E-state index contributed by atoms with van der Waals surface area (Å²) in [4.78, 5) is 0.123. The smallest absolute Gasteiger partial charge is 0.240 e. The summed E-state index contributed by atoms with van der Waals surface area (Å²) < 4.78 is 40.7. The Balaban J connectivity index is 1.99. The number of rotatable bonds is 5. The molecule has 2 N–H and O–H groups in total. The molecule has 118 valence electrons. The van der Waals surface area contributed by atoms with Crippen LogP contribution in [0.4, 0.5) is 4.39 Å². The number of halogens is 2. The minimum Gasteiger partial charge on any atom is -0.316 e. The highest BCUT2D eigenvalue weighted by Gasteiger charge is 2.20. The molecule has 1 atom stereocenters. The summed E-state index contributed by atoms with van der Waals surface area (Å²) in [5, 5.41) is 3.31. The molecule has 1 unspecified atom stereocenters. The van der Waals surface area contributed by atoms with Gasteiger partial charge in [-0.25, -0.2) is 17.5 Å². The van der Waals surface area contributed by atoms with Gasteiger partial charge in [0.2, 0.25) is 10.0 Å². The average Bonchev–Trinajstić information content (AvgIpc) is 2.43. The summed E-state index contributed by atoms with van der Waals surface area (Å²) in [5.41, 5.74) is 0.405. The molecule has 7 heteroatoms. The first-order valence-electron chi connectivity index (χ1n) is 7.06. The van der Waals surface area contributed by atoms with E-state index >= 15 is 0 Å². The van der Waals surface area contributed by atoms with Crippen molar-refractivity contribution in [3.8, 4) is 0 Å². The lowest BCUT2D eigenvalue weighted by Crippen LogP contribution is -2.33. The van der Waals surface area contributed by atoms with Crippen LogP contribution in [0.3, 0.4) is 0 Å². The largest absolute Gasteiger partial charge is 0.316 e. The number of sulfonamides is 1. The first kappa shape index (κ1) is 16.9. The lowest BCUT2D eigenvalue weighted by Gasteiger charge is -2.22. The Morgan fingerprint density at radius 2 is 2.24 bits per heavy atom. The third-order valence-electron chi connectivity index (χ3n) is 3.75. The van der Waals surface area contributed by atoms with Crippen LogP contribution >= 0.6 is 15.9 Å². The fourth-order valence-electron chi connectivity index (χ4n) is 2.56. The van der Waals surface area contributed by atoms with E-state index in [0.29, 0.717) is 18.0 Å². The van der Waals surface area contributed by atoms with Crippen LogP contribution in [0.1, 0.15) is 24.8 Å². The van der Waals surface area contributed by atoms with E-state index in [1.54, 1.807) is 6.92 Å². The van der Waals surface area contributed by atoms with Crippen LogP contribution < -0.4 is 10.0 Å².